The van der Waals surface area contributed by atoms with Gasteiger partial charge in [-0.3, -0.25) is 9.78 Å². The Bertz CT molecular complexity index is 767. The Hall–Kier alpha value is -2.27. The second-order valence-electron chi connectivity index (χ2n) is 7.49. The topological polar surface area (TPSA) is 45.2 Å². The number of nitrogens with one attached hydrogen (secondary N) is 1. The molecule has 1 atom stereocenters. The maximum absolute atomic E-state index is 13.2. The molecular formula is C24H36FN3O. The van der Waals surface area contributed by atoms with Crippen molar-refractivity contribution in [2.75, 3.05) is 19.6 Å². The van der Waals surface area contributed by atoms with Crippen LogP contribution >= 0.6 is 0 Å². The highest BCUT2D eigenvalue weighted by atomic mass is 19.1. The molecule has 1 aromatic carbocycles. The highest BCUT2D eigenvalue weighted by Gasteiger charge is 2.12. The van der Waals surface area contributed by atoms with E-state index in [9.17, 15) is 9.18 Å². The summed E-state index contributed by atoms with van der Waals surface area (Å²) in [4.78, 5) is 18.5. The number of carbonyl (C=O) groups is 1. The Morgan fingerprint density at radius 2 is 1.76 bits per heavy atom. The molecule has 0 saturated carbocycles. The van der Waals surface area contributed by atoms with E-state index in [4.69, 9.17) is 0 Å². The number of hydrogen-bond acceptors (Lipinski definition) is 3. The Labute approximate surface area is 175 Å². The predicted molar refractivity (Wildman–Crippen MR) is 119 cm³/mol. The fraction of sp³-hybridized carbons (Fsp3) is 0.500. The lowest BCUT2D eigenvalue weighted by Gasteiger charge is -2.21. The molecule has 0 fully saturated rings. The van der Waals surface area contributed by atoms with Crippen molar-refractivity contribution in [2.45, 2.75) is 60.9 Å². The van der Waals surface area contributed by atoms with Crippen molar-refractivity contribution in [3.63, 3.8) is 0 Å². The van der Waals surface area contributed by atoms with Crippen LogP contribution in [0.4, 0.5) is 4.39 Å². The molecule has 1 heterocycles. The van der Waals surface area contributed by atoms with E-state index in [1.54, 1.807) is 13.0 Å². The SMILES string of the molecule is CCN(CC)CCC(C)NC(=O)c1ccc(F)c(C)c1.Cc1ccnc(C)c1C. The monoisotopic (exact) mass is 401 g/mol. The van der Waals surface area contributed by atoms with Crippen LogP contribution in [0.15, 0.2) is 30.5 Å². The summed E-state index contributed by atoms with van der Waals surface area (Å²) in [6, 6.07) is 6.58. The molecule has 2 aromatic rings. The summed E-state index contributed by atoms with van der Waals surface area (Å²) in [7, 11) is 0. The maximum Gasteiger partial charge on any atom is 0.251 e. The molecule has 0 bridgehead atoms. The molecule has 0 aliphatic carbocycles. The van der Waals surface area contributed by atoms with Crippen molar-refractivity contribution in [2.24, 2.45) is 0 Å². The number of rotatable bonds is 7. The first kappa shape index (κ1) is 24.8. The van der Waals surface area contributed by atoms with E-state index < -0.39 is 0 Å². The number of carbonyl (C=O) groups excluding carboxylic acids is 1. The van der Waals surface area contributed by atoms with Crippen LogP contribution in [-0.4, -0.2) is 41.5 Å². The molecule has 1 amide bonds. The number of amides is 1. The highest BCUT2D eigenvalue weighted by Crippen LogP contribution is 2.10. The average Bonchev–Trinajstić information content (AvgIpc) is 2.69. The van der Waals surface area contributed by atoms with Crippen molar-refractivity contribution < 1.29 is 9.18 Å². The zero-order valence-electron chi connectivity index (χ0n) is 19.0. The van der Waals surface area contributed by atoms with E-state index in [2.05, 4.69) is 42.9 Å². The van der Waals surface area contributed by atoms with Gasteiger partial charge in [0.15, 0.2) is 0 Å². The van der Waals surface area contributed by atoms with E-state index in [-0.39, 0.29) is 17.8 Å². The first-order valence-electron chi connectivity index (χ1n) is 10.4. The van der Waals surface area contributed by atoms with E-state index in [0.29, 0.717) is 11.1 Å². The van der Waals surface area contributed by atoms with Crippen LogP contribution in [0.1, 0.15) is 59.9 Å². The van der Waals surface area contributed by atoms with Crippen molar-refractivity contribution >= 4 is 5.91 Å². The molecule has 29 heavy (non-hydrogen) atoms. The highest BCUT2D eigenvalue weighted by molar-refractivity contribution is 5.94. The quantitative estimate of drug-likeness (QED) is 0.711. The van der Waals surface area contributed by atoms with Crippen molar-refractivity contribution in [3.05, 3.63) is 64.2 Å². The van der Waals surface area contributed by atoms with E-state index in [1.807, 2.05) is 26.1 Å². The largest absolute Gasteiger partial charge is 0.350 e. The van der Waals surface area contributed by atoms with Crippen molar-refractivity contribution in [1.82, 2.24) is 15.2 Å². The van der Waals surface area contributed by atoms with Gasteiger partial charge < -0.3 is 10.2 Å². The van der Waals surface area contributed by atoms with Crippen LogP contribution in [0.5, 0.6) is 0 Å². The molecule has 1 N–H and O–H groups in total. The molecule has 0 saturated heterocycles. The van der Waals surface area contributed by atoms with Gasteiger partial charge in [0.05, 0.1) is 0 Å². The number of aromatic nitrogens is 1. The smallest absolute Gasteiger partial charge is 0.251 e. The molecule has 1 aromatic heterocycles. The van der Waals surface area contributed by atoms with Gasteiger partial charge in [0.1, 0.15) is 5.82 Å². The molecule has 0 spiro atoms. The average molecular weight is 402 g/mol. The lowest BCUT2D eigenvalue weighted by atomic mass is 10.1. The molecule has 0 radical (unpaired) electrons. The summed E-state index contributed by atoms with van der Waals surface area (Å²) < 4.78 is 13.2. The Morgan fingerprint density at radius 3 is 2.28 bits per heavy atom. The van der Waals surface area contributed by atoms with Gasteiger partial charge >= 0.3 is 0 Å². The first-order valence-corrected chi connectivity index (χ1v) is 10.4. The number of nitrogens with zero attached hydrogens (tertiary/aromatic N) is 2. The lowest BCUT2D eigenvalue weighted by Crippen LogP contribution is -2.36. The van der Waals surface area contributed by atoms with Crippen molar-refractivity contribution in [1.29, 1.82) is 0 Å². The summed E-state index contributed by atoms with van der Waals surface area (Å²) in [5, 5.41) is 2.96. The van der Waals surface area contributed by atoms with Gasteiger partial charge in [-0.25, -0.2) is 4.39 Å². The van der Waals surface area contributed by atoms with E-state index in [0.717, 1.165) is 31.7 Å². The van der Waals surface area contributed by atoms with Gasteiger partial charge in [-0.1, -0.05) is 13.8 Å². The number of pyridine rings is 1. The fourth-order valence-corrected chi connectivity index (χ4v) is 2.85. The number of hydrogen-bond donors (Lipinski definition) is 1. The molecule has 160 valence electrons. The van der Waals surface area contributed by atoms with Crippen LogP contribution in [-0.2, 0) is 0 Å². The maximum atomic E-state index is 13.2. The molecule has 4 nitrogen and oxygen atoms in total. The first-order chi connectivity index (χ1) is 13.7. The minimum atomic E-state index is -0.281. The Balaban J connectivity index is 0.000000387. The minimum Gasteiger partial charge on any atom is -0.350 e. The molecular weight excluding hydrogens is 365 g/mol. The second-order valence-corrected chi connectivity index (χ2v) is 7.49. The van der Waals surface area contributed by atoms with Crippen LogP contribution in [0, 0.1) is 33.5 Å². The van der Waals surface area contributed by atoms with Crippen LogP contribution < -0.4 is 5.32 Å². The van der Waals surface area contributed by atoms with Gasteiger partial charge in [-0.2, -0.15) is 0 Å². The summed E-state index contributed by atoms with van der Waals surface area (Å²) in [6.07, 6.45) is 2.76. The van der Waals surface area contributed by atoms with Gasteiger partial charge in [0.25, 0.3) is 5.91 Å². The van der Waals surface area contributed by atoms with Crippen LogP contribution in [0.3, 0.4) is 0 Å². The standard InChI is InChI=1S/C16H25FN2O.C8H11N/c1-5-19(6-2)10-9-13(4)18-16(20)14-7-8-15(17)12(3)11-14;1-6-4-5-9-8(3)7(6)2/h7-8,11,13H,5-6,9-10H2,1-4H3,(H,18,20);4-5H,1-3H3. The summed E-state index contributed by atoms with van der Waals surface area (Å²) in [6.45, 7) is 17.2. The lowest BCUT2D eigenvalue weighted by molar-refractivity contribution is 0.0935. The molecule has 1 unspecified atom stereocenters. The normalized spacial score (nSPS) is 11.6. The third-order valence-corrected chi connectivity index (χ3v) is 5.30. The molecule has 0 aliphatic heterocycles. The zero-order chi connectivity index (χ0) is 22.0. The predicted octanol–water partition coefficient (Wildman–Crippen LogP) is 4.99. The molecule has 5 heteroatoms. The van der Waals surface area contributed by atoms with Crippen molar-refractivity contribution in [3.8, 4) is 0 Å². The van der Waals surface area contributed by atoms with E-state index in [1.165, 1.54) is 23.3 Å². The summed E-state index contributed by atoms with van der Waals surface area (Å²) in [5.74, 6) is -0.420. The van der Waals surface area contributed by atoms with E-state index >= 15 is 0 Å². The van der Waals surface area contributed by atoms with Gasteiger partial charge in [0.2, 0.25) is 0 Å². The van der Waals surface area contributed by atoms with Gasteiger partial charge in [0, 0.05) is 30.0 Å². The number of halogens is 1. The zero-order valence-corrected chi connectivity index (χ0v) is 19.0. The second kappa shape index (κ2) is 12.3. The van der Waals surface area contributed by atoms with Crippen LogP contribution in [0.25, 0.3) is 0 Å². The molecule has 0 aliphatic rings. The molecule has 2 rings (SSSR count). The Morgan fingerprint density at radius 1 is 1.10 bits per heavy atom. The third-order valence-electron chi connectivity index (χ3n) is 5.30. The summed E-state index contributed by atoms with van der Waals surface area (Å²) in [5.41, 5.74) is 4.77. The fourth-order valence-electron chi connectivity index (χ4n) is 2.85. The van der Waals surface area contributed by atoms with Gasteiger partial charge in [-0.05, 0) is 95.1 Å². The number of aryl methyl sites for hydroxylation is 3. The minimum absolute atomic E-state index is 0.105. The summed E-state index contributed by atoms with van der Waals surface area (Å²) >= 11 is 0. The van der Waals surface area contributed by atoms with Crippen LogP contribution in [0.2, 0.25) is 0 Å². The Kier molecular flexibility index (Phi) is 10.5. The van der Waals surface area contributed by atoms with Gasteiger partial charge in [-0.15, -0.1) is 0 Å². The number of benzene rings is 1. The third kappa shape index (κ3) is 8.32.